The summed E-state index contributed by atoms with van der Waals surface area (Å²) in [6.07, 6.45) is 0.0208. The molecule has 8 heteroatoms. The molecule has 4 rings (SSSR count). The van der Waals surface area contributed by atoms with Crippen molar-refractivity contribution >= 4 is 23.5 Å². The van der Waals surface area contributed by atoms with Crippen molar-refractivity contribution in [2.75, 3.05) is 13.7 Å². The highest BCUT2D eigenvalue weighted by Crippen LogP contribution is 2.39. The second-order valence-electron chi connectivity index (χ2n) is 7.74. The lowest BCUT2D eigenvalue weighted by molar-refractivity contribution is -0.145. The van der Waals surface area contributed by atoms with Gasteiger partial charge in [-0.2, -0.15) is 0 Å². The van der Waals surface area contributed by atoms with Gasteiger partial charge in [-0.1, -0.05) is 36.4 Å². The molecule has 3 heterocycles. The molecule has 0 aliphatic carbocycles. The Bertz CT molecular complexity index is 1110. The van der Waals surface area contributed by atoms with E-state index < -0.39 is 17.9 Å². The van der Waals surface area contributed by atoms with Gasteiger partial charge in [-0.3, -0.25) is 4.99 Å². The quantitative estimate of drug-likeness (QED) is 0.514. The maximum atomic E-state index is 12.1. The molecular formula is C24H24N2O5S. The first-order valence-electron chi connectivity index (χ1n) is 10.1. The minimum Gasteiger partial charge on any atom is -0.478 e. The van der Waals surface area contributed by atoms with Crippen molar-refractivity contribution in [2.45, 2.75) is 31.8 Å². The van der Waals surface area contributed by atoms with Crippen LogP contribution in [0.1, 0.15) is 42.7 Å². The van der Waals surface area contributed by atoms with Crippen LogP contribution in [0.5, 0.6) is 5.88 Å². The molecular weight excluding hydrogens is 428 g/mol. The van der Waals surface area contributed by atoms with Crippen LogP contribution in [-0.2, 0) is 14.3 Å². The zero-order valence-corrected chi connectivity index (χ0v) is 18.8. The van der Waals surface area contributed by atoms with Gasteiger partial charge in [-0.15, -0.1) is 11.3 Å². The van der Waals surface area contributed by atoms with E-state index >= 15 is 0 Å². The standard InChI is InChI=1S/C24H24N2O5S/c1-24(2)29-14-19(31-24)16-12-18(20-10-7-11-32-20)26-22(17(16)13-25-3)30-21(23(27)28)15-8-5-4-6-9-15/h4-13,19,21H,14H2,1-3H3,(H,27,28). The number of carboxylic acid groups (broad SMARTS) is 1. The molecule has 2 unspecified atom stereocenters. The molecule has 166 valence electrons. The molecule has 0 radical (unpaired) electrons. The van der Waals surface area contributed by atoms with Crippen LogP contribution in [0.3, 0.4) is 0 Å². The third-order valence-electron chi connectivity index (χ3n) is 5.00. The van der Waals surface area contributed by atoms with Crippen molar-refractivity contribution in [3.05, 3.63) is 70.6 Å². The number of benzene rings is 1. The number of nitrogens with zero attached hydrogens (tertiary/aromatic N) is 2. The SMILES string of the molecule is CN=Cc1c(C2COC(C)(C)O2)cc(-c2cccs2)nc1OC(C(=O)O)c1ccccc1. The Morgan fingerprint density at radius 1 is 1.31 bits per heavy atom. The van der Waals surface area contributed by atoms with Crippen LogP contribution in [0.2, 0.25) is 0 Å². The fourth-order valence-electron chi connectivity index (χ4n) is 3.56. The highest BCUT2D eigenvalue weighted by Gasteiger charge is 2.36. The average molecular weight is 453 g/mol. The van der Waals surface area contributed by atoms with Crippen molar-refractivity contribution in [1.82, 2.24) is 4.98 Å². The van der Waals surface area contributed by atoms with Gasteiger partial charge in [0.1, 0.15) is 6.10 Å². The third-order valence-corrected chi connectivity index (χ3v) is 5.89. The summed E-state index contributed by atoms with van der Waals surface area (Å²) in [7, 11) is 1.64. The van der Waals surface area contributed by atoms with Gasteiger partial charge in [0, 0.05) is 18.8 Å². The van der Waals surface area contributed by atoms with E-state index in [1.54, 1.807) is 37.5 Å². The zero-order valence-electron chi connectivity index (χ0n) is 18.0. The number of ether oxygens (including phenoxy) is 3. The average Bonchev–Trinajstić information content (AvgIpc) is 3.43. The molecule has 0 amide bonds. The van der Waals surface area contributed by atoms with Crippen molar-refractivity contribution in [1.29, 1.82) is 0 Å². The molecule has 7 nitrogen and oxygen atoms in total. The first kappa shape index (κ1) is 22.1. The number of carboxylic acids is 1. The Morgan fingerprint density at radius 2 is 2.09 bits per heavy atom. The molecule has 3 aromatic rings. The monoisotopic (exact) mass is 452 g/mol. The molecule has 1 aromatic carbocycles. The largest absolute Gasteiger partial charge is 0.478 e. The first-order valence-corrected chi connectivity index (χ1v) is 11.0. The zero-order chi connectivity index (χ0) is 22.7. The van der Waals surface area contributed by atoms with Crippen molar-refractivity contribution in [3.63, 3.8) is 0 Å². The lowest BCUT2D eigenvalue weighted by Crippen LogP contribution is -2.21. The van der Waals surface area contributed by atoms with E-state index in [2.05, 4.69) is 9.98 Å². The van der Waals surface area contributed by atoms with Crippen LogP contribution >= 0.6 is 11.3 Å². The van der Waals surface area contributed by atoms with E-state index in [4.69, 9.17) is 14.2 Å². The van der Waals surface area contributed by atoms with Crippen LogP contribution in [0.4, 0.5) is 0 Å². The van der Waals surface area contributed by atoms with Crippen LogP contribution in [0.15, 0.2) is 58.9 Å². The summed E-state index contributed by atoms with van der Waals surface area (Å²) in [5.41, 5.74) is 2.54. The smallest absolute Gasteiger partial charge is 0.349 e. The number of carbonyl (C=O) groups is 1. The Hall–Kier alpha value is -3.07. The van der Waals surface area contributed by atoms with Gasteiger partial charge in [-0.25, -0.2) is 9.78 Å². The third kappa shape index (κ3) is 4.72. The Labute approximate surface area is 190 Å². The van der Waals surface area contributed by atoms with Crippen molar-refractivity contribution in [3.8, 4) is 16.5 Å². The van der Waals surface area contributed by atoms with Crippen LogP contribution in [-0.4, -0.2) is 41.7 Å². The number of pyridine rings is 1. The fourth-order valence-corrected chi connectivity index (χ4v) is 4.24. The minimum absolute atomic E-state index is 0.182. The highest BCUT2D eigenvalue weighted by molar-refractivity contribution is 7.13. The number of aliphatic carboxylic acids is 1. The summed E-state index contributed by atoms with van der Waals surface area (Å²) in [6, 6.07) is 14.6. The Morgan fingerprint density at radius 3 is 2.69 bits per heavy atom. The van der Waals surface area contributed by atoms with Crippen LogP contribution in [0, 0.1) is 0 Å². The minimum atomic E-state index is -1.23. The molecule has 0 spiro atoms. The lowest BCUT2D eigenvalue weighted by atomic mass is 10.0. The summed E-state index contributed by atoms with van der Waals surface area (Å²) in [4.78, 5) is 21.9. The molecule has 0 bridgehead atoms. The predicted molar refractivity (Wildman–Crippen MR) is 122 cm³/mol. The van der Waals surface area contributed by atoms with E-state index in [-0.39, 0.29) is 12.0 Å². The van der Waals surface area contributed by atoms with Crippen LogP contribution < -0.4 is 4.74 Å². The molecule has 32 heavy (non-hydrogen) atoms. The first-order chi connectivity index (χ1) is 15.4. The van der Waals surface area contributed by atoms with E-state index in [1.807, 2.05) is 43.5 Å². The molecule has 1 fully saturated rings. The van der Waals surface area contributed by atoms with E-state index in [0.717, 1.165) is 10.4 Å². The number of aromatic nitrogens is 1. The van der Waals surface area contributed by atoms with E-state index in [0.29, 0.717) is 23.4 Å². The lowest BCUT2D eigenvalue weighted by Gasteiger charge is -2.21. The maximum Gasteiger partial charge on any atom is 0.349 e. The summed E-state index contributed by atoms with van der Waals surface area (Å²) in [6.45, 7) is 4.07. The number of thiophene rings is 1. The van der Waals surface area contributed by atoms with Gasteiger partial charge in [-0.05, 0) is 36.9 Å². The Balaban J connectivity index is 1.85. The number of rotatable bonds is 7. The second kappa shape index (κ2) is 9.20. The van der Waals surface area contributed by atoms with Crippen molar-refractivity contribution in [2.24, 2.45) is 4.99 Å². The Kier molecular flexibility index (Phi) is 6.36. The second-order valence-corrected chi connectivity index (χ2v) is 8.69. The van der Waals surface area contributed by atoms with Gasteiger partial charge in [0.15, 0.2) is 5.79 Å². The van der Waals surface area contributed by atoms with Crippen LogP contribution in [0.25, 0.3) is 10.6 Å². The van der Waals surface area contributed by atoms with E-state index in [9.17, 15) is 9.90 Å². The van der Waals surface area contributed by atoms with Gasteiger partial charge < -0.3 is 19.3 Å². The van der Waals surface area contributed by atoms with Gasteiger partial charge in [0.25, 0.3) is 0 Å². The molecule has 2 aromatic heterocycles. The summed E-state index contributed by atoms with van der Waals surface area (Å²) in [5, 5.41) is 11.8. The summed E-state index contributed by atoms with van der Waals surface area (Å²) >= 11 is 1.54. The molecule has 1 N–H and O–H groups in total. The molecule has 1 aliphatic rings. The molecule has 2 atom stereocenters. The number of aliphatic imine (C=N–C) groups is 1. The topological polar surface area (TPSA) is 90.2 Å². The fraction of sp³-hybridized carbons (Fsp3) is 0.292. The molecule has 1 saturated heterocycles. The maximum absolute atomic E-state index is 12.1. The summed E-state index contributed by atoms with van der Waals surface area (Å²) < 4.78 is 17.9. The highest BCUT2D eigenvalue weighted by atomic mass is 32.1. The molecule has 1 aliphatic heterocycles. The van der Waals surface area contributed by atoms with Gasteiger partial charge in [0.2, 0.25) is 12.0 Å². The summed E-state index contributed by atoms with van der Waals surface area (Å²) in [5.74, 6) is -1.66. The van der Waals surface area contributed by atoms with Gasteiger partial charge in [0.05, 0.1) is 22.7 Å². The number of hydrogen-bond donors (Lipinski definition) is 1. The van der Waals surface area contributed by atoms with E-state index in [1.165, 1.54) is 11.3 Å². The normalized spacial score (nSPS) is 18.7. The molecule has 0 saturated carbocycles. The number of hydrogen-bond acceptors (Lipinski definition) is 7. The van der Waals surface area contributed by atoms with Gasteiger partial charge >= 0.3 is 5.97 Å². The predicted octanol–water partition coefficient (Wildman–Crippen LogP) is 4.89. The van der Waals surface area contributed by atoms with Crippen molar-refractivity contribution < 1.29 is 24.1 Å².